The van der Waals surface area contributed by atoms with Crippen molar-refractivity contribution in [1.82, 2.24) is 15.4 Å². The number of amides is 1. The maximum absolute atomic E-state index is 11.0. The van der Waals surface area contributed by atoms with E-state index in [0.717, 1.165) is 36.2 Å². The summed E-state index contributed by atoms with van der Waals surface area (Å²) in [4.78, 5) is 16.6. The summed E-state index contributed by atoms with van der Waals surface area (Å²) in [6, 6.07) is 16.1. The van der Waals surface area contributed by atoms with Gasteiger partial charge >= 0.3 is 0 Å². The Labute approximate surface area is 177 Å². The molecule has 0 saturated carbocycles. The molecule has 0 fully saturated rings. The topological polar surface area (TPSA) is 88.6 Å². The fraction of sp³-hybridized carbons (Fsp3) is 0.292. The predicted octanol–water partition coefficient (Wildman–Crippen LogP) is 3.75. The smallest absolute Gasteiger partial charge is 0.267 e. The zero-order valence-corrected chi connectivity index (χ0v) is 17.6. The molecule has 160 valence electrons. The van der Waals surface area contributed by atoms with Crippen LogP contribution in [0.2, 0.25) is 0 Å². The number of rotatable bonds is 9. The van der Waals surface area contributed by atoms with E-state index in [4.69, 9.17) is 5.21 Å². The van der Waals surface area contributed by atoms with Gasteiger partial charge in [-0.1, -0.05) is 56.3 Å². The van der Waals surface area contributed by atoms with Gasteiger partial charge < -0.3 is 10.1 Å². The summed E-state index contributed by atoms with van der Waals surface area (Å²) in [6.45, 7) is 6.32. The van der Waals surface area contributed by atoms with E-state index in [1.54, 1.807) is 11.6 Å². The lowest BCUT2D eigenvalue weighted by molar-refractivity contribution is -0.124. The monoisotopic (exact) mass is 409 g/mol. The van der Waals surface area contributed by atoms with Crippen LogP contribution < -0.4 is 5.48 Å². The second kappa shape index (κ2) is 12.6. The number of aliphatic hydroxyl groups is 1. The number of carbonyl (C=O) groups excluding carboxylic acids is 1. The molecule has 6 heteroatoms. The summed E-state index contributed by atoms with van der Waals surface area (Å²) in [5, 5.41) is 19.2. The number of nitrogens with one attached hydrogen (secondary N) is 2. The van der Waals surface area contributed by atoms with Crippen LogP contribution in [0.4, 0.5) is 0 Å². The Morgan fingerprint density at radius 3 is 2.53 bits per heavy atom. The van der Waals surface area contributed by atoms with Crippen molar-refractivity contribution in [3.05, 3.63) is 77.5 Å². The van der Waals surface area contributed by atoms with Crippen molar-refractivity contribution < 1.29 is 15.1 Å². The van der Waals surface area contributed by atoms with Gasteiger partial charge in [-0.15, -0.1) is 0 Å². The first-order valence-electron chi connectivity index (χ1n) is 10.3. The molecule has 0 saturated heterocycles. The summed E-state index contributed by atoms with van der Waals surface area (Å²) in [6.07, 6.45) is 5.87. The number of aromatic nitrogens is 1. The first-order chi connectivity index (χ1) is 14.7. The number of aromatic amines is 1. The van der Waals surface area contributed by atoms with E-state index >= 15 is 0 Å². The molecule has 4 N–H and O–H groups in total. The van der Waals surface area contributed by atoms with Crippen LogP contribution in [0.1, 0.15) is 30.5 Å². The fourth-order valence-corrected chi connectivity index (χ4v) is 3.23. The minimum atomic E-state index is -0.560. The number of hydroxylamine groups is 1. The molecule has 0 aliphatic rings. The summed E-state index contributed by atoms with van der Waals surface area (Å²) >= 11 is 0. The average Bonchev–Trinajstić information content (AvgIpc) is 3.21. The van der Waals surface area contributed by atoms with Gasteiger partial charge in [0.2, 0.25) is 0 Å². The quantitative estimate of drug-likeness (QED) is 0.246. The van der Waals surface area contributed by atoms with Crippen LogP contribution in [0.5, 0.6) is 0 Å². The highest BCUT2D eigenvalue weighted by Crippen LogP contribution is 2.18. The molecule has 0 atom stereocenters. The summed E-state index contributed by atoms with van der Waals surface area (Å²) in [5.74, 6) is -0.560. The molecule has 2 aromatic carbocycles. The Kier molecular flexibility index (Phi) is 9.80. The van der Waals surface area contributed by atoms with Gasteiger partial charge in [0.15, 0.2) is 0 Å². The Bertz CT molecular complexity index is 932. The number of hydrogen-bond acceptors (Lipinski definition) is 4. The van der Waals surface area contributed by atoms with Crippen molar-refractivity contribution in [3.8, 4) is 0 Å². The van der Waals surface area contributed by atoms with Gasteiger partial charge in [-0.25, -0.2) is 5.48 Å². The highest BCUT2D eigenvalue weighted by atomic mass is 16.5. The van der Waals surface area contributed by atoms with Crippen LogP contribution in [0.3, 0.4) is 0 Å². The maximum Gasteiger partial charge on any atom is 0.267 e. The minimum Gasteiger partial charge on any atom is -0.395 e. The van der Waals surface area contributed by atoms with Crippen molar-refractivity contribution in [1.29, 1.82) is 0 Å². The Morgan fingerprint density at radius 1 is 1.10 bits per heavy atom. The van der Waals surface area contributed by atoms with Crippen molar-refractivity contribution in [3.63, 3.8) is 0 Å². The number of hydrogen-bond donors (Lipinski definition) is 4. The lowest BCUT2D eigenvalue weighted by Gasteiger charge is -2.21. The molecule has 3 rings (SSSR count). The van der Waals surface area contributed by atoms with E-state index in [-0.39, 0.29) is 6.61 Å². The highest BCUT2D eigenvalue weighted by molar-refractivity contribution is 5.90. The van der Waals surface area contributed by atoms with E-state index in [0.29, 0.717) is 6.54 Å². The number of fused-ring (bicyclic) bond motifs is 1. The molecule has 3 aromatic rings. The number of benzene rings is 2. The molecule has 6 nitrogen and oxygen atoms in total. The maximum atomic E-state index is 11.0. The standard InChI is InChI=1S/C22H25N3O3.C2H6/c26-14-13-25(12-11-19-15-23-21-4-2-1-3-20(19)21)16-18-7-5-17(6-8-18)9-10-22(27)24-28;1-2/h1-10,15,23,26,28H,11-14,16H2,(H,24,27);1-2H3/b10-9+;. The number of H-pyrrole nitrogens is 1. The number of aliphatic hydroxyl groups excluding tert-OH is 1. The lowest BCUT2D eigenvalue weighted by Crippen LogP contribution is -2.28. The molecule has 0 aliphatic carbocycles. The number of nitrogens with zero attached hydrogens (tertiary/aromatic N) is 1. The van der Waals surface area contributed by atoms with Gasteiger partial charge in [0.25, 0.3) is 5.91 Å². The molecule has 0 bridgehead atoms. The van der Waals surface area contributed by atoms with E-state index in [1.165, 1.54) is 17.0 Å². The minimum absolute atomic E-state index is 0.116. The lowest BCUT2D eigenvalue weighted by atomic mass is 10.1. The SMILES string of the molecule is CC.O=C(/C=C/c1ccc(CN(CCO)CCc2c[nH]c3ccccc23)cc1)NO. The molecule has 1 aromatic heterocycles. The molecule has 1 amide bonds. The van der Waals surface area contributed by atoms with Gasteiger partial charge in [0.1, 0.15) is 0 Å². The van der Waals surface area contributed by atoms with Crippen LogP contribution in [0.15, 0.2) is 60.8 Å². The van der Waals surface area contributed by atoms with Gasteiger partial charge in [-0.05, 0) is 35.3 Å². The number of para-hydroxylation sites is 1. The fourth-order valence-electron chi connectivity index (χ4n) is 3.23. The van der Waals surface area contributed by atoms with Crippen LogP contribution in [-0.2, 0) is 17.8 Å². The summed E-state index contributed by atoms with van der Waals surface area (Å²) in [5.41, 5.74) is 6.00. The third-order valence-corrected chi connectivity index (χ3v) is 4.71. The first kappa shape index (κ1) is 23.3. The molecule has 0 spiro atoms. The van der Waals surface area contributed by atoms with Crippen molar-refractivity contribution >= 4 is 22.9 Å². The van der Waals surface area contributed by atoms with Gasteiger partial charge in [-0.3, -0.25) is 14.9 Å². The van der Waals surface area contributed by atoms with Crippen molar-refractivity contribution in [2.24, 2.45) is 0 Å². The van der Waals surface area contributed by atoms with Gasteiger partial charge in [0.05, 0.1) is 6.61 Å². The molecular formula is C24H31N3O3. The third-order valence-electron chi connectivity index (χ3n) is 4.71. The van der Waals surface area contributed by atoms with Crippen molar-refractivity contribution in [2.45, 2.75) is 26.8 Å². The average molecular weight is 410 g/mol. The third kappa shape index (κ3) is 6.84. The Hall–Kier alpha value is -2.93. The zero-order chi connectivity index (χ0) is 21.8. The van der Waals surface area contributed by atoms with Crippen LogP contribution >= 0.6 is 0 Å². The van der Waals surface area contributed by atoms with Crippen LogP contribution in [0.25, 0.3) is 17.0 Å². The van der Waals surface area contributed by atoms with Crippen LogP contribution in [0, 0.1) is 0 Å². The second-order valence-corrected chi connectivity index (χ2v) is 6.66. The van der Waals surface area contributed by atoms with E-state index in [1.807, 2.05) is 50.2 Å². The summed E-state index contributed by atoms with van der Waals surface area (Å²) in [7, 11) is 0. The normalized spacial score (nSPS) is 11.0. The Morgan fingerprint density at radius 2 is 1.83 bits per heavy atom. The second-order valence-electron chi connectivity index (χ2n) is 6.66. The van der Waals surface area contributed by atoms with E-state index in [2.05, 4.69) is 28.2 Å². The molecule has 0 unspecified atom stereocenters. The largest absolute Gasteiger partial charge is 0.395 e. The zero-order valence-electron chi connectivity index (χ0n) is 17.6. The summed E-state index contributed by atoms with van der Waals surface area (Å²) < 4.78 is 0. The van der Waals surface area contributed by atoms with Crippen LogP contribution in [-0.4, -0.2) is 45.8 Å². The highest BCUT2D eigenvalue weighted by Gasteiger charge is 2.09. The predicted molar refractivity (Wildman–Crippen MR) is 121 cm³/mol. The number of carbonyl (C=O) groups is 1. The van der Waals surface area contributed by atoms with E-state index in [9.17, 15) is 9.90 Å². The van der Waals surface area contributed by atoms with Gasteiger partial charge in [-0.2, -0.15) is 0 Å². The molecule has 0 aliphatic heterocycles. The molecule has 30 heavy (non-hydrogen) atoms. The molecule has 1 heterocycles. The van der Waals surface area contributed by atoms with E-state index < -0.39 is 5.91 Å². The molecular weight excluding hydrogens is 378 g/mol. The van der Waals surface area contributed by atoms with Gasteiger partial charge in [0, 0.05) is 42.8 Å². The molecule has 0 radical (unpaired) electrons. The van der Waals surface area contributed by atoms with Crippen molar-refractivity contribution in [2.75, 3.05) is 19.7 Å². The Balaban J connectivity index is 0.00000155. The first-order valence-corrected chi connectivity index (χ1v) is 10.3.